The number of hydrogen-bond acceptors (Lipinski definition) is 8. The molecule has 0 saturated heterocycles. The van der Waals surface area contributed by atoms with Gasteiger partial charge in [0.2, 0.25) is 11.8 Å². The lowest BCUT2D eigenvalue weighted by Gasteiger charge is -2.26. The monoisotopic (exact) mass is 636 g/mol. The second-order valence-corrected chi connectivity index (χ2v) is 9.72. The van der Waals surface area contributed by atoms with Crippen molar-refractivity contribution in [2.24, 2.45) is 16.6 Å². The van der Waals surface area contributed by atoms with Gasteiger partial charge in [-0.3, -0.25) is 14.4 Å². The van der Waals surface area contributed by atoms with Crippen LogP contribution in [0.15, 0.2) is 65.8 Å². The molecule has 0 aromatic heterocycles. The Morgan fingerprint density at radius 1 is 0.955 bits per heavy atom. The van der Waals surface area contributed by atoms with Crippen molar-refractivity contribution in [3.05, 3.63) is 81.9 Å². The number of nitrogens with zero attached hydrogens (tertiary/aromatic N) is 2. The zero-order chi connectivity index (χ0) is 31.6. The van der Waals surface area contributed by atoms with Crippen LogP contribution in [0.3, 0.4) is 0 Å². The molecular weight excluding hydrogens is 596 g/mol. The first-order valence-corrected chi connectivity index (χ1v) is 13.8. The Hall–Kier alpha value is -4.31. The predicted octanol–water partition coefficient (Wildman–Crippen LogP) is -0.462. The molecule has 4 atom stereocenters. The molecule has 0 heterocycles. The molecule has 2 aromatic rings. The molecule has 0 fully saturated rings. The molecule has 0 radical (unpaired) electrons. The van der Waals surface area contributed by atoms with Crippen molar-refractivity contribution < 1.29 is 29.3 Å². The summed E-state index contributed by atoms with van der Waals surface area (Å²) in [5.74, 6) is -2.38. The number of hydrogen-bond donors (Lipinski definition) is 7. The van der Waals surface area contributed by atoms with Crippen molar-refractivity contribution >= 4 is 36.1 Å². The molecule has 0 aliphatic carbocycles. The van der Waals surface area contributed by atoms with Crippen LogP contribution in [0.2, 0.25) is 0 Å². The van der Waals surface area contributed by atoms with E-state index in [1.54, 1.807) is 0 Å². The minimum atomic E-state index is -1.62. The van der Waals surface area contributed by atoms with Crippen molar-refractivity contribution in [3.8, 4) is 0 Å². The van der Waals surface area contributed by atoms with Gasteiger partial charge in [0.1, 0.15) is 17.2 Å². The Kier molecular flexibility index (Phi) is 17.6. The number of rotatable bonds is 18. The van der Waals surface area contributed by atoms with Crippen molar-refractivity contribution in [2.45, 2.75) is 57.0 Å². The highest BCUT2D eigenvalue weighted by molar-refractivity contribution is 5.90. The zero-order valence-corrected chi connectivity index (χ0v) is 25.2. The first kappa shape index (κ1) is 37.7. The van der Waals surface area contributed by atoms with Gasteiger partial charge in [0.25, 0.3) is 11.9 Å². The van der Waals surface area contributed by atoms with Crippen molar-refractivity contribution in [3.63, 3.8) is 0 Å². The van der Waals surface area contributed by atoms with Gasteiger partial charge < -0.3 is 42.6 Å². The minimum absolute atomic E-state index is 0. The molecule has 0 saturated carbocycles. The summed E-state index contributed by atoms with van der Waals surface area (Å²) in [6.07, 6.45) is -0.752. The smallest absolute Gasteiger partial charge is 0.266 e. The highest BCUT2D eigenvalue weighted by Gasteiger charge is 2.29. The van der Waals surface area contributed by atoms with Crippen molar-refractivity contribution in [2.75, 3.05) is 19.7 Å². The number of carbonyl (C=O) groups excluding carboxylic acids is 3. The summed E-state index contributed by atoms with van der Waals surface area (Å²) < 4.78 is 5.50. The maximum atomic E-state index is 12.9. The van der Waals surface area contributed by atoms with Gasteiger partial charge in [0.05, 0.1) is 19.3 Å². The van der Waals surface area contributed by atoms with E-state index in [1.807, 2.05) is 60.7 Å². The van der Waals surface area contributed by atoms with Crippen molar-refractivity contribution in [1.82, 2.24) is 21.3 Å². The van der Waals surface area contributed by atoms with Gasteiger partial charge >= 0.3 is 0 Å². The van der Waals surface area contributed by atoms with Crippen LogP contribution >= 0.6 is 12.4 Å². The number of nitrogens with one attached hydrogen (secondary N) is 4. The fourth-order valence-corrected chi connectivity index (χ4v) is 3.88. The van der Waals surface area contributed by atoms with Gasteiger partial charge in [0.15, 0.2) is 11.1 Å². The fourth-order valence-electron chi connectivity index (χ4n) is 3.88. The third-order valence-corrected chi connectivity index (χ3v) is 6.22. The standard InChI is InChI=1S/C28H40N8O7.ClH/c1-19(33-26(39)22(29)18-43-17-21-11-6-3-7-12-21)25(38)34-23(13-8-15-32-28(30)35-36(41)42)24(37)27(40)31-16-14-20-9-4-2-5-10-20;/h2-7,9-12,19,22-24,37H,8,13-18,29H2,1H3,(H,31,40)(H,33,39)(H,34,38)(H3,30,32,35);1H/t19-,22+,23-,24?;/m0./s1. The number of ether oxygens (including phenoxy) is 1. The fraction of sp³-hybridized carbons (Fsp3) is 0.429. The van der Waals surface area contributed by atoms with E-state index in [1.165, 1.54) is 6.92 Å². The molecule has 0 aliphatic heterocycles. The first-order valence-electron chi connectivity index (χ1n) is 13.8. The number of nitro groups is 1. The summed E-state index contributed by atoms with van der Waals surface area (Å²) in [6, 6.07) is 15.6. The largest absolute Gasteiger partial charge is 0.381 e. The van der Waals surface area contributed by atoms with Crippen LogP contribution in [0, 0.1) is 10.1 Å². The number of amides is 3. The highest BCUT2D eigenvalue weighted by Crippen LogP contribution is 2.06. The van der Waals surface area contributed by atoms with E-state index in [0.717, 1.165) is 11.1 Å². The summed E-state index contributed by atoms with van der Waals surface area (Å²) in [6.45, 7) is 2.00. The molecule has 15 nitrogen and oxygen atoms in total. The Morgan fingerprint density at radius 3 is 2.18 bits per heavy atom. The maximum Gasteiger partial charge on any atom is 0.266 e. The lowest BCUT2D eigenvalue weighted by atomic mass is 10.0. The van der Waals surface area contributed by atoms with Crippen LogP contribution in [-0.4, -0.2) is 77.7 Å². The van der Waals surface area contributed by atoms with E-state index in [2.05, 4.69) is 26.4 Å². The van der Waals surface area contributed by atoms with Gasteiger partial charge in [-0.1, -0.05) is 60.7 Å². The normalized spacial score (nSPS) is 13.8. The topological polar surface area (TPSA) is 236 Å². The van der Waals surface area contributed by atoms with Crippen molar-refractivity contribution in [1.29, 1.82) is 0 Å². The van der Waals surface area contributed by atoms with E-state index in [9.17, 15) is 29.6 Å². The van der Waals surface area contributed by atoms with E-state index in [4.69, 9.17) is 16.2 Å². The molecule has 9 N–H and O–H groups in total. The Balaban J connectivity index is 0.00000968. The summed E-state index contributed by atoms with van der Waals surface area (Å²) >= 11 is 0. The van der Waals surface area contributed by atoms with Gasteiger partial charge in [-0.2, -0.15) is 0 Å². The Bertz CT molecular complexity index is 1210. The minimum Gasteiger partial charge on any atom is -0.381 e. The molecule has 1 unspecified atom stereocenters. The number of benzene rings is 2. The lowest BCUT2D eigenvalue weighted by Crippen LogP contribution is -2.56. The molecule has 44 heavy (non-hydrogen) atoms. The molecule has 3 amide bonds. The number of halogens is 1. The number of guanidine groups is 1. The predicted molar refractivity (Wildman–Crippen MR) is 166 cm³/mol. The molecule has 16 heteroatoms. The summed E-state index contributed by atoms with van der Waals surface area (Å²) in [5, 5.41) is 33.5. The third kappa shape index (κ3) is 14.7. The maximum absolute atomic E-state index is 12.9. The van der Waals surface area contributed by atoms with Crippen LogP contribution < -0.4 is 32.7 Å². The third-order valence-electron chi connectivity index (χ3n) is 6.22. The SMILES string of the molecule is C[C@H](NC(=O)[C@H](N)COCc1ccccc1)C(=O)N[C@@H](CCCN/C(N)=N/[N+](=O)[O-])C(O)C(=O)NCCc1ccccc1.Cl. The molecule has 2 aromatic carbocycles. The van der Waals surface area contributed by atoms with Gasteiger partial charge in [-0.25, -0.2) is 10.1 Å². The Labute approximate surface area is 261 Å². The van der Waals surface area contributed by atoms with Crippen LogP contribution in [0.1, 0.15) is 30.9 Å². The second kappa shape index (κ2) is 20.6. The number of aliphatic hydroxyl groups is 1. The molecule has 0 bridgehead atoms. The van der Waals surface area contributed by atoms with Gasteiger partial charge in [-0.15, -0.1) is 12.4 Å². The summed E-state index contributed by atoms with van der Waals surface area (Å²) in [7, 11) is 0. The van der Waals surface area contributed by atoms with Crippen LogP contribution in [-0.2, 0) is 32.1 Å². The number of carbonyl (C=O) groups is 3. The van der Waals surface area contributed by atoms with Gasteiger partial charge in [-0.05, 0) is 37.3 Å². The molecule has 2 rings (SSSR count). The summed E-state index contributed by atoms with van der Waals surface area (Å²) in [4.78, 5) is 48.6. The zero-order valence-electron chi connectivity index (χ0n) is 24.4. The average Bonchev–Trinajstić information content (AvgIpc) is 2.98. The van der Waals surface area contributed by atoms with Crippen LogP contribution in [0.4, 0.5) is 0 Å². The quantitative estimate of drug-likeness (QED) is 0.0365. The second-order valence-electron chi connectivity index (χ2n) is 9.72. The van der Waals surface area contributed by atoms with E-state index < -0.39 is 52.9 Å². The average molecular weight is 637 g/mol. The highest BCUT2D eigenvalue weighted by atomic mass is 35.5. The lowest BCUT2D eigenvalue weighted by molar-refractivity contribution is -0.485. The van der Waals surface area contributed by atoms with Crippen LogP contribution in [0.25, 0.3) is 0 Å². The molecular formula is C28H41ClN8O7. The summed E-state index contributed by atoms with van der Waals surface area (Å²) in [5.41, 5.74) is 13.2. The van der Waals surface area contributed by atoms with Gasteiger partial charge in [0, 0.05) is 13.1 Å². The number of nitrogens with two attached hydrogens (primary N) is 2. The first-order chi connectivity index (χ1) is 20.6. The van der Waals surface area contributed by atoms with E-state index >= 15 is 0 Å². The number of hydrazone groups is 1. The van der Waals surface area contributed by atoms with E-state index in [-0.39, 0.29) is 51.6 Å². The molecule has 242 valence electrons. The molecule has 0 aliphatic rings. The van der Waals surface area contributed by atoms with E-state index in [0.29, 0.717) is 6.42 Å². The molecule has 0 spiro atoms. The number of aliphatic hydroxyl groups excluding tert-OH is 1. The van der Waals surface area contributed by atoms with Crippen LogP contribution in [0.5, 0.6) is 0 Å². The Morgan fingerprint density at radius 2 is 1.57 bits per heavy atom.